The Bertz CT molecular complexity index is 1180. The fourth-order valence-electron chi connectivity index (χ4n) is 3.85. The highest BCUT2D eigenvalue weighted by atomic mass is 32.2. The van der Waals surface area contributed by atoms with Crippen molar-refractivity contribution < 1.29 is 22.9 Å². The first-order valence-electron chi connectivity index (χ1n) is 11.7. The van der Waals surface area contributed by atoms with E-state index in [4.69, 9.17) is 0 Å². The molecule has 0 aliphatic carbocycles. The normalized spacial score (nSPS) is 12.2. The molecule has 2 aromatic rings. The predicted molar refractivity (Wildman–Crippen MR) is 139 cm³/mol. The first-order chi connectivity index (χ1) is 16.8. The number of benzene rings is 2. The Morgan fingerprint density at radius 3 is 2.28 bits per heavy atom. The highest BCUT2D eigenvalue weighted by Crippen LogP contribution is 2.27. The monoisotopic (exact) mass is 518 g/mol. The van der Waals surface area contributed by atoms with Gasteiger partial charge in [0.05, 0.1) is 16.9 Å². The lowest BCUT2D eigenvalue weighted by Gasteiger charge is -2.33. The SMILES string of the molecule is CCC(C(=O)NC(C)C)N(CCc1ccccc1)C(=O)CN(c1cc([N+](=O)[O-])ccc1C)S(C)(=O)=O. The average molecular weight is 519 g/mol. The molecule has 36 heavy (non-hydrogen) atoms. The standard InChI is InChI=1S/C25H34N4O6S/c1-6-22(25(31)26-18(2)3)27(15-14-20-10-8-7-9-11-20)24(30)17-28(36(5,34)35)23-16-21(29(32)33)13-12-19(23)4/h7-13,16,18,22H,6,14-15,17H2,1-5H3,(H,26,31). The van der Waals surface area contributed by atoms with Gasteiger partial charge in [-0.3, -0.25) is 24.0 Å². The van der Waals surface area contributed by atoms with Gasteiger partial charge in [0.1, 0.15) is 12.6 Å². The van der Waals surface area contributed by atoms with Crippen LogP contribution in [0.15, 0.2) is 48.5 Å². The third-order valence-electron chi connectivity index (χ3n) is 5.65. The van der Waals surface area contributed by atoms with Crippen molar-refractivity contribution in [1.82, 2.24) is 10.2 Å². The first kappa shape index (κ1) is 28.8. The number of nitrogens with zero attached hydrogens (tertiary/aromatic N) is 3. The summed E-state index contributed by atoms with van der Waals surface area (Å²) in [6, 6.07) is 12.4. The number of sulfonamides is 1. The van der Waals surface area contributed by atoms with E-state index in [0.717, 1.165) is 22.2 Å². The number of carbonyl (C=O) groups excluding carboxylic acids is 2. The summed E-state index contributed by atoms with van der Waals surface area (Å²) in [6.45, 7) is 6.63. The Morgan fingerprint density at radius 2 is 1.75 bits per heavy atom. The fraction of sp³-hybridized carbons (Fsp3) is 0.440. The van der Waals surface area contributed by atoms with Crippen LogP contribution in [-0.2, 0) is 26.0 Å². The number of aryl methyl sites for hydroxylation is 1. The number of non-ortho nitro benzene ring substituents is 1. The van der Waals surface area contributed by atoms with Crippen LogP contribution >= 0.6 is 0 Å². The van der Waals surface area contributed by atoms with Crippen LogP contribution in [0.2, 0.25) is 0 Å². The molecule has 10 nitrogen and oxygen atoms in total. The Labute approximate surface area is 212 Å². The van der Waals surface area contributed by atoms with E-state index in [0.29, 0.717) is 18.4 Å². The van der Waals surface area contributed by atoms with Crippen LogP contribution in [0, 0.1) is 17.0 Å². The summed E-state index contributed by atoms with van der Waals surface area (Å²) in [5.74, 6) is -0.903. The number of nitro benzene ring substituents is 1. The van der Waals surface area contributed by atoms with E-state index in [1.165, 1.54) is 17.0 Å². The smallest absolute Gasteiger partial charge is 0.271 e. The predicted octanol–water partition coefficient (Wildman–Crippen LogP) is 3.04. The minimum Gasteiger partial charge on any atom is -0.352 e. The van der Waals surface area contributed by atoms with Crippen LogP contribution in [0.3, 0.4) is 0 Å². The zero-order valence-corrected chi connectivity index (χ0v) is 22.1. The van der Waals surface area contributed by atoms with E-state index in [9.17, 15) is 28.1 Å². The van der Waals surface area contributed by atoms with Crippen LogP contribution in [0.25, 0.3) is 0 Å². The maximum atomic E-state index is 13.6. The number of amides is 2. The van der Waals surface area contributed by atoms with Gasteiger partial charge in [0, 0.05) is 24.7 Å². The van der Waals surface area contributed by atoms with Gasteiger partial charge in [-0.25, -0.2) is 8.42 Å². The van der Waals surface area contributed by atoms with Crippen LogP contribution in [-0.4, -0.2) is 61.5 Å². The zero-order valence-electron chi connectivity index (χ0n) is 21.3. The molecule has 2 aromatic carbocycles. The minimum atomic E-state index is -3.99. The third-order valence-corrected chi connectivity index (χ3v) is 6.78. The molecule has 0 bridgehead atoms. The van der Waals surface area contributed by atoms with Crippen LogP contribution in [0.4, 0.5) is 11.4 Å². The Kier molecular flexibility index (Phi) is 9.97. The van der Waals surface area contributed by atoms with Crippen molar-refractivity contribution in [3.8, 4) is 0 Å². The van der Waals surface area contributed by atoms with Crippen molar-refractivity contribution in [3.05, 3.63) is 69.8 Å². The number of nitrogens with one attached hydrogen (secondary N) is 1. The molecule has 0 saturated heterocycles. The van der Waals surface area contributed by atoms with Crippen molar-refractivity contribution in [1.29, 1.82) is 0 Å². The van der Waals surface area contributed by atoms with Gasteiger partial charge >= 0.3 is 0 Å². The summed E-state index contributed by atoms with van der Waals surface area (Å²) in [5.41, 5.74) is 1.17. The molecule has 2 rings (SSSR count). The van der Waals surface area contributed by atoms with Crippen LogP contribution < -0.4 is 9.62 Å². The van der Waals surface area contributed by atoms with E-state index in [-0.39, 0.29) is 29.9 Å². The highest BCUT2D eigenvalue weighted by molar-refractivity contribution is 7.92. The van der Waals surface area contributed by atoms with Gasteiger partial charge < -0.3 is 10.2 Å². The molecule has 0 spiro atoms. The summed E-state index contributed by atoms with van der Waals surface area (Å²) in [6.07, 6.45) is 1.73. The number of hydrogen-bond acceptors (Lipinski definition) is 6. The van der Waals surface area contributed by atoms with Crippen LogP contribution in [0.1, 0.15) is 38.3 Å². The maximum Gasteiger partial charge on any atom is 0.271 e. The van der Waals surface area contributed by atoms with E-state index < -0.39 is 33.4 Å². The lowest BCUT2D eigenvalue weighted by atomic mass is 10.1. The number of rotatable bonds is 12. The average Bonchev–Trinajstić information content (AvgIpc) is 2.79. The highest BCUT2D eigenvalue weighted by Gasteiger charge is 2.32. The number of anilines is 1. The molecule has 0 aliphatic rings. The van der Waals surface area contributed by atoms with Gasteiger partial charge in [-0.1, -0.05) is 43.3 Å². The largest absolute Gasteiger partial charge is 0.352 e. The van der Waals surface area contributed by atoms with Crippen molar-refractivity contribution in [2.75, 3.05) is 23.7 Å². The van der Waals surface area contributed by atoms with Crippen LogP contribution in [0.5, 0.6) is 0 Å². The second-order valence-corrected chi connectivity index (χ2v) is 10.8. The molecule has 0 radical (unpaired) electrons. The molecular weight excluding hydrogens is 484 g/mol. The van der Waals surface area contributed by atoms with E-state index >= 15 is 0 Å². The minimum absolute atomic E-state index is 0.0442. The second-order valence-electron chi connectivity index (χ2n) is 8.91. The lowest BCUT2D eigenvalue weighted by molar-refractivity contribution is -0.384. The summed E-state index contributed by atoms with van der Waals surface area (Å²) in [4.78, 5) is 38.6. The molecule has 11 heteroatoms. The quantitative estimate of drug-likeness (QED) is 0.340. The Hall–Kier alpha value is -3.47. The maximum absolute atomic E-state index is 13.6. The number of carbonyl (C=O) groups is 2. The van der Waals surface area contributed by atoms with Gasteiger partial charge in [-0.15, -0.1) is 0 Å². The van der Waals surface area contributed by atoms with E-state index in [1.54, 1.807) is 13.8 Å². The third kappa shape index (κ3) is 7.77. The molecule has 0 aliphatic heterocycles. The molecule has 1 unspecified atom stereocenters. The molecule has 1 atom stereocenters. The van der Waals surface area contributed by atoms with Crippen molar-refractivity contribution >= 4 is 33.2 Å². The van der Waals surface area contributed by atoms with Gasteiger partial charge in [0.15, 0.2) is 0 Å². The molecule has 2 amide bonds. The fourth-order valence-corrected chi connectivity index (χ4v) is 4.75. The summed E-state index contributed by atoms with van der Waals surface area (Å²) >= 11 is 0. The number of hydrogen-bond donors (Lipinski definition) is 1. The number of nitro groups is 1. The van der Waals surface area contributed by atoms with Crippen molar-refractivity contribution in [2.45, 2.75) is 52.6 Å². The Balaban J connectivity index is 2.45. The topological polar surface area (TPSA) is 130 Å². The molecule has 0 heterocycles. The molecule has 0 saturated carbocycles. The van der Waals surface area contributed by atoms with Crippen molar-refractivity contribution in [2.24, 2.45) is 0 Å². The Morgan fingerprint density at radius 1 is 1.11 bits per heavy atom. The molecule has 196 valence electrons. The summed E-state index contributed by atoms with van der Waals surface area (Å²) < 4.78 is 26.3. The van der Waals surface area contributed by atoms with Gasteiger partial charge in [-0.2, -0.15) is 0 Å². The molecular formula is C25H34N4O6S. The summed E-state index contributed by atoms with van der Waals surface area (Å²) in [7, 11) is -3.99. The summed E-state index contributed by atoms with van der Waals surface area (Å²) in [5, 5.41) is 14.1. The van der Waals surface area contributed by atoms with Gasteiger partial charge in [0.2, 0.25) is 21.8 Å². The van der Waals surface area contributed by atoms with E-state index in [2.05, 4.69) is 5.32 Å². The molecule has 1 N–H and O–H groups in total. The van der Waals surface area contributed by atoms with Crippen molar-refractivity contribution in [3.63, 3.8) is 0 Å². The van der Waals surface area contributed by atoms with Gasteiger partial charge in [-0.05, 0) is 44.7 Å². The molecule has 0 aromatic heterocycles. The second kappa shape index (κ2) is 12.5. The first-order valence-corrected chi connectivity index (χ1v) is 13.6. The lowest BCUT2D eigenvalue weighted by Crippen LogP contribution is -2.54. The van der Waals surface area contributed by atoms with E-state index in [1.807, 2.05) is 44.2 Å². The zero-order chi connectivity index (χ0) is 27.0. The van der Waals surface area contributed by atoms with Gasteiger partial charge in [0.25, 0.3) is 5.69 Å². The molecule has 0 fully saturated rings.